The predicted octanol–water partition coefficient (Wildman–Crippen LogP) is 2.18. The molecule has 2 bridgehead atoms. The monoisotopic (exact) mass is 341 g/mol. The van der Waals surface area contributed by atoms with E-state index >= 15 is 0 Å². The molecule has 4 nitrogen and oxygen atoms in total. The van der Waals surface area contributed by atoms with Gasteiger partial charge in [0.2, 0.25) is 5.91 Å². The molecule has 4 aliphatic heterocycles. The van der Waals surface area contributed by atoms with E-state index in [1.165, 1.54) is 64.7 Å². The van der Waals surface area contributed by atoms with Gasteiger partial charge in [0, 0.05) is 18.5 Å². The Balaban J connectivity index is 0.00000156. The van der Waals surface area contributed by atoms with Gasteiger partial charge in [-0.1, -0.05) is 0 Å². The zero-order chi connectivity index (χ0) is 15.0. The minimum Gasteiger partial charge on any atom is -0.352 e. The Labute approximate surface area is 146 Å². The summed E-state index contributed by atoms with van der Waals surface area (Å²) in [5, 5.41) is 6.89. The van der Waals surface area contributed by atoms with Crippen LogP contribution in [0.5, 0.6) is 0 Å². The van der Waals surface area contributed by atoms with Crippen molar-refractivity contribution >= 4 is 18.3 Å². The summed E-state index contributed by atoms with van der Waals surface area (Å²) in [6, 6.07) is 0.435. The van der Waals surface area contributed by atoms with Crippen molar-refractivity contribution in [2.45, 2.75) is 57.4 Å². The van der Waals surface area contributed by atoms with E-state index in [1.54, 1.807) is 0 Å². The second-order valence-corrected chi connectivity index (χ2v) is 8.28. The van der Waals surface area contributed by atoms with E-state index in [0.717, 1.165) is 25.3 Å². The lowest BCUT2D eigenvalue weighted by molar-refractivity contribution is -0.129. The molecule has 4 heterocycles. The minimum absolute atomic E-state index is 0. The Kier molecular flexibility index (Phi) is 5.54. The van der Waals surface area contributed by atoms with Gasteiger partial charge in [-0.25, -0.2) is 0 Å². The van der Waals surface area contributed by atoms with Crippen molar-refractivity contribution in [2.24, 2.45) is 17.3 Å². The van der Waals surface area contributed by atoms with Crippen molar-refractivity contribution in [1.82, 2.24) is 15.5 Å². The maximum atomic E-state index is 12.7. The van der Waals surface area contributed by atoms with E-state index in [9.17, 15) is 4.79 Å². The van der Waals surface area contributed by atoms with E-state index in [1.807, 2.05) is 0 Å². The van der Waals surface area contributed by atoms with E-state index < -0.39 is 0 Å². The van der Waals surface area contributed by atoms with Gasteiger partial charge in [0.1, 0.15) is 0 Å². The molecular formula is C18H32ClN3O. The fourth-order valence-corrected chi connectivity index (χ4v) is 5.38. The van der Waals surface area contributed by atoms with Crippen LogP contribution in [-0.2, 0) is 4.79 Å². The molecule has 1 saturated carbocycles. The highest BCUT2D eigenvalue weighted by Gasteiger charge is 2.40. The Bertz CT molecular complexity index is 406. The number of hydrogen-bond acceptors (Lipinski definition) is 3. The summed E-state index contributed by atoms with van der Waals surface area (Å²) < 4.78 is 0. The maximum absolute atomic E-state index is 12.7. The summed E-state index contributed by atoms with van der Waals surface area (Å²) >= 11 is 0. The van der Waals surface area contributed by atoms with Crippen molar-refractivity contribution < 1.29 is 4.79 Å². The van der Waals surface area contributed by atoms with Crippen molar-refractivity contribution in [3.05, 3.63) is 0 Å². The smallest absolute Gasteiger partial charge is 0.223 e. The highest BCUT2D eigenvalue weighted by atomic mass is 35.5. The minimum atomic E-state index is 0. The molecule has 5 heteroatoms. The Morgan fingerprint density at radius 2 is 1.65 bits per heavy atom. The number of halogens is 1. The molecule has 1 spiro atoms. The number of carbonyl (C=O) groups is 1. The molecule has 132 valence electrons. The molecule has 2 N–H and O–H groups in total. The Hall–Kier alpha value is -0.320. The number of nitrogens with one attached hydrogen (secondary N) is 2. The fraction of sp³-hybridized carbons (Fsp3) is 0.944. The molecule has 0 unspecified atom stereocenters. The van der Waals surface area contributed by atoms with Gasteiger partial charge in [0.15, 0.2) is 0 Å². The lowest BCUT2D eigenvalue weighted by atomic mass is 9.65. The Morgan fingerprint density at radius 1 is 1.00 bits per heavy atom. The van der Waals surface area contributed by atoms with E-state index in [0.29, 0.717) is 17.4 Å². The van der Waals surface area contributed by atoms with Crippen LogP contribution >= 0.6 is 12.4 Å². The van der Waals surface area contributed by atoms with Crippen molar-refractivity contribution in [2.75, 3.05) is 32.7 Å². The van der Waals surface area contributed by atoms with Crippen LogP contribution in [-0.4, -0.2) is 49.6 Å². The molecule has 1 atom stereocenters. The fourth-order valence-electron chi connectivity index (χ4n) is 5.38. The first-order chi connectivity index (χ1) is 10.7. The molecule has 4 saturated heterocycles. The molecule has 0 aromatic carbocycles. The number of piperidine rings is 4. The summed E-state index contributed by atoms with van der Waals surface area (Å²) in [4.78, 5) is 15.2. The van der Waals surface area contributed by atoms with Gasteiger partial charge >= 0.3 is 0 Å². The van der Waals surface area contributed by atoms with Crippen molar-refractivity contribution in [3.8, 4) is 0 Å². The summed E-state index contributed by atoms with van der Waals surface area (Å²) in [5.74, 6) is 1.40. The molecule has 0 aromatic rings. The first-order valence-corrected chi connectivity index (χ1v) is 9.48. The summed E-state index contributed by atoms with van der Waals surface area (Å²) in [5.41, 5.74) is 0.567. The van der Waals surface area contributed by atoms with Crippen LogP contribution in [0.15, 0.2) is 0 Å². The van der Waals surface area contributed by atoms with Crippen LogP contribution < -0.4 is 10.6 Å². The normalized spacial score (nSPS) is 36.4. The second kappa shape index (κ2) is 7.28. The topological polar surface area (TPSA) is 44.4 Å². The number of carbonyl (C=O) groups excluding carboxylic acids is 1. The zero-order valence-electron chi connectivity index (χ0n) is 14.2. The van der Waals surface area contributed by atoms with Gasteiger partial charge < -0.3 is 15.5 Å². The average molecular weight is 342 g/mol. The highest BCUT2D eigenvalue weighted by molar-refractivity contribution is 5.85. The summed E-state index contributed by atoms with van der Waals surface area (Å²) in [6.07, 6.45) is 9.99. The highest BCUT2D eigenvalue weighted by Crippen LogP contribution is 2.45. The van der Waals surface area contributed by atoms with Crippen LogP contribution in [0.25, 0.3) is 0 Å². The third-order valence-electron chi connectivity index (χ3n) is 7.07. The maximum Gasteiger partial charge on any atom is 0.223 e. The van der Waals surface area contributed by atoms with Gasteiger partial charge in [0.25, 0.3) is 0 Å². The van der Waals surface area contributed by atoms with Gasteiger partial charge in [-0.05, 0) is 88.9 Å². The first kappa shape index (κ1) is 17.5. The molecule has 23 heavy (non-hydrogen) atoms. The molecule has 1 aliphatic carbocycles. The molecule has 5 rings (SSSR count). The van der Waals surface area contributed by atoms with Crippen molar-refractivity contribution in [3.63, 3.8) is 0 Å². The number of rotatable bonds is 2. The molecule has 5 aliphatic rings. The first-order valence-electron chi connectivity index (χ1n) is 9.48. The van der Waals surface area contributed by atoms with E-state index in [-0.39, 0.29) is 18.3 Å². The van der Waals surface area contributed by atoms with Crippen LogP contribution in [0, 0.1) is 17.3 Å². The van der Waals surface area contributed by atoms with Crippen LogP contribution in [0.2, 0.25) is 0 Å². The van der Waals surface area contributed by atoms with E-state index in [4.69, 9.17) is 0 Å². The molecule has 1 amide bonds. The average Bonchev–Trinajstić information content (AvgIpc) is 2.57. The number of amides is 1. The summed E-state index contributed by atoms with van der Waals surface area (Å²) in [6.45, 7) is 5.94. The third kappa shape index (κ3) is 3.69. The molecule has 0 aromatic heterocycles. The van der Waals surface area contributed by atoms with Gasteiger partial charge in [-0.15, -0.1) is 12.4 Å². The van der Waals surface area contributed by atoms with Crippen molar-refractivity contribution in [1.29, 1.82) is 0 Å². The molecule has 0 radical (unpaired) electrons. The largest absolute Gasteiger partial charge is 0.352 e. The predicted molar refractivity (Wildman–Crippen MR) is 94.8 cm³/mol. The van der Waals surface area contributed by atoms with Crippen LogP contribution in [0.1, 0.15) is 51.4 Å². The lowest BCUT2D eigenvalue weighted by Gasteiger charge is -2.46. The van der Waals surface area contributed by atoms with Gasteiger partial charge in [-0.2, -0.15) is 0 Å². The number of nitrogens with zero attached hydrogens (tertiary/aromatic N) is 1. The SMILES string of the molecule is Cl.O=C(N[C@@H]1CN2CCC1CC2)C1CCC2(CCNCC2)CC1. The lowest BCUT2D eigenvalue weighted by Crippen LogP contribution is -2.58. The van der Waals surface area contributed by atoms with Gasteiger partial charge in [0.05, 0.1) is 0 Å². The zero-order valence-corrected chi connectivity index (χ0v) is 15.0. The third-order valence-corrected chi connectivity index (χ3v) is 7.07. The van der Waals surface area contributed by atoms with Crippen LogP contribution in [0.4, 0.5) is 0 Å². The van der Waals surface area contributed by atoms with E-state index in [2.05, 4.69) is 15.5 Å². The number of fused-ring (bicyclic) bond motifs is 3. The Morgan fingerprint density at radius 3 is 2.22 bits per heavy atom. The molecule has 5 fully saturated rings. The second-order valence-electron chi connectivity index (χ2n) is 8.28. The van der Waals surface area contributed by atoms with Gasteiger partial charge in [-0.3, -0.25) is 4.79 Å². The summed E-state index contributed by atoms with van der Waals surface area (Å²) in [7, 11) is 0. The molecular weight excluding hydrogens is 310 g/mol. The quantitative estimate of drug-likeness (QED) is 0.809. The van der Waals surface area contributed by atoms with Crippen LogP contribution in [0.3, 0.4) is 0 Å². The standard InChI is InChI=1S/C18H31N3O.ClH/c22-17(20-16-13-21-11-3-14(16)4-12-21)15-1-5-18(6-2-15)7-9-19-10-8-18;/h14-16,19H,1-13H2,(H,20,22);1H/t16-;/m1./s1. The number of hydrogen-bond donors (Lipinski definition) is 2.